The lowest BCUT2D eigenvalue weighted by atomic mass is 10.2. The first-order valence-corrected chi connectivity index (χ1v) is 12.4. The van der Waals surface area contributed by atoms with Crippen molar-refractivity contribution in [2.45, 2.75) is 4.90 Å². The molecule has 0 amide bonds. The number of nitrogens with one attached hydrogen (secondary N) is 2. The van der Waals surface area contributed by atoms with Crippen molar-refractivity contribution in [1.29, 1.82) is 0 Å². The quantitative estimate of drug-likeness (QED) is 0.351. The third-order valence-corrected chi connectivity index (χ3v) is 7.33. The molecule has 0 radical (unpaired) electrons. The zero-order chi connectivity index (χ0) is 23.1. The Balaban J connectivity index is 1.55. The number of aromatic nitrogens is 1. The average molecular weight is 491 g/mol. The van der Waals surface area contributed by atoms with Crippen molar-refractivity contribution in [1.82, 2.24) is 14.7 Å². The minimum atomic E-state index is -3.65. The summed E-state index contributed by atoms with van der Waals surface area (Å²) in [5.74, 6) is 0. The lowest BCUT2D eigenvalue weighted by Gasteiger charge is -2.31. The van der Waals surface area contributed by atoms with Crippen molar-refractivity contribution < 1.29 is 17.9 Å². The highest BCUT2D eigenvalue weighted by Gasteiger charge is 2.28. The molecular weight excluding hydrogens is 464 g/mol. The molecule has 10 nitrogen and oxygen atoms in total. The molecule has 0 bridgehead atoms. The molecule has 0 atom stereocenters. The Morgan fingerprint density at radius 1 is 1.09 bits per heavy atom. The van der Waals surface area contributed by atoms with Crippen molar-refractivity contribution >= 4 is 44.9 Å². The maximum atomic E-state index is 13.2. The second-order valence-corrected chi connectivity index (χ2v) is 9.75. The highest BCUT2D eigenvalue weighted by Crippen LogP contribution is 2.31. The molecule has 2 saturated heterocycles. The van der Waals surface area contributed by atoms with Gasteiger partial charge in [-0.1, -0.05) is 6.07 Å². The molecule has 0 aliphatic carbocycles. The van der Waals surface area contributed by atoms with Gasteiger partial charge in [0.2, 0.25) is 10.0 Å². The largest absolute Gasteiger partial charge is 0.379 e. The van der Waals surface area contributed by atoms with Crippen LogP contribution in [-0.4, -0.2) is 81.6 Å². The van der Waals surface area contributed by atoms with Crippen LogP contribution in [0.1, 0.15) is 5.56 Å². The van der Waals surface area contributed by atoms with Crippen LogP contribution in [-0.2, 0) is 19.5 Å². The topological polar surface area (TPSA) is 108 Å². The third kappa shape index (κ3) is 6.03. The van der Waals surface area contributed by atoms with Crippen LogP contribution in [0.4, 0.5) is 11.4 Å². The van der Waals surface area contributed by atoms with Gasteiger partial charge in [0.25, 0.3) is 0 Å². The fourth-order valence-corrected chi connectivity index (χ4v) is 5.16. The molecule has 3 heterocycles. The van der Waals surface area contributed by atoms with Crippen molar-refractivity contribution in [2.24, 2.45) is 5.10 Å². The predicted octanol–water partition coefficient (Wildman–Crippen LogP) is 1.26. The van der Waals surface area contributed by atoms with Gasteiger partial charge in [0.1, 0.15) is 0 Å². The fourth-order valence-electron chi connectivity index (χ4n) is 3.56. The van der Waals surface area contributed by atoms with E-state index in [0.717, 1.165) is 11.3 Å². The van der Waals surface area contributed by atoms with Gasteiger partial charge in [-0.25, -0.2) is 8.42 Å². The summed E-state index contributed by atoms with van der Waals surface area (Å²) in [4.78, 5) is 6.37. The highest BCUT2D eigenvalue weighted by molar-refractivity contribution is 7.89. The van der Waals surface area contributed by atoms with E-state index in [4.69, 9.17) is 21.7 Å². The van der Waals surface area contributed by atoms with E-state index in [0.29, 0.717) is 58.3 Å². The number of pyridine rings is 1. The Labute approximate surface area is 198 Å². The number of morpholine rings is 2. The second-order valence-electron chi connectivity index (χ2n) is 7.41. The maximum Gasteiger partial charge on any atom is 0.243 e. The van der Waals surface area contributed by atoms with Crippen LogP contribution in [0, 0.1) is 0 Å². The van der Waals surface area contributed by atoms with Crippen molar-refractivity contribution in [3.05, 3.63) is 48.3 Å². The van der Waals surface area contributed by atoms with Crippen LogP contribution in [0.5, 0.6) is 0 Å². The molecule has 4 rings (SSSR count). The van der Waals surface area contributed by atoms with E-state index in [1.807, 2.05) is 18.2 Å². The molecule has 0 spiro atoms. The fraction of sp³-hybridized carbons (Fsp3) is 0.381. The number of hydrazone groups is 1. The van der Waals surface area contributed by atoms with Gasteiger partial charge in [-0.15, -0.1) is 0 Å². The van der Waals surface area contributed by atoms with Crippen LogP contribution in [0.15, 0.2) is 52.7 Å². The van der Waals surface area contributed by atoms with Crippen molar-refractivity contribution in [2.75, 3.05) is 62.8 Å². The van der Waals surface area contributed by atoms with E-state index in [1.54, 1.807) is 30.7 Å². The summed E-state index contributed by atoms with van der Waals surface area (Å²) in [7, 11) is -3.65. The second kappa shape index (κ2) is 11.0. The van der Waals surface area contributed by atoms with Crippen LogP contribution < -0.4 is 15.6 Å². The molecule has 2 aromatic rings. The molecule has 2 aliphatic heterocycles. The zero-order valence-corrected chi connectivity index (χ0v) is 19.6. The number of rotatable bonds is 6. The number of thiocarbonyl (C=S) groups is 1. The average Bonchev–Trinajstić information content (AvgIpc) is 2.86. The maximum absolute atomic E-state index is 13.2. The van der Waals surface area contributed by atoms with Gasteiger partial charge in [0.05, 0.1) is 48.9 Å². The van der Waals surface area contributed by atoms with Crippen LogP contribution in [0.25, 0.3) is 0 Å². The summed E-state index contributed by atoms with van der Waals surface area (Å²) in [6, 6.07) is 8.74. The third-order valence-electron chi connectivity index (χ3n) is 5.24. The first kappa shape index (κ1) is 23.5. The lowest BCUT2D eigenvalue weighted by molar-refractivity contribution is 0.0730. The summed E-state index contributed by atoms with van der Waals surface area (Å²) in [6.45, 7) is 4.04. The molecule has 2 fully saturated rings. The van der Waals surface area contributed by atoms with E-state index in [1.165, 1.54) is 4.31 Å². The van der Waals surface area contributed by atoms with Gasteiger partial charge in [0, 0.05) is 44.1 Å². The van der Waals surface area contributed by atoms with Crippen LogP contribution >= 0.6 is 12.2 Å². The summed E-state index contributed by atoms with van der Waals surface area (Å²) < 4.78 is 38.5. The van der Waals surface area contributed by atoms with Gasteiger partial charge in [0.15, 0.2) is 5.11 Å². The van der Waals surface area contributed by atoms with E-state index < -0.39 is 10.0 Å². The summed E-state index contributed by atoms with van der Waals surface area (Å²) in [5, 5.41) is 7.48. The number of hydrogen-bond acceptors (Lipinski definition) is 8. The SMILES string of the molecule is O=S(=O)(c1ccc(N2CCOCC2)c(NC(=S)N/N=C\c2cccnc2)c1)N1CCOCC1. The molecule has 0 unspecified atom stereocenters. The van der Waals surface area contributed by atoms with E-state index >= 15 is 0 Å². The Hall–Kier alpha value is -2.64. The van der Waals surface area contributed by atoms with E-state index in [-0.39, 0.29) is 10.0 Å². The Kier molecular flexibility index (Phi) is 7.83. The molecule has 2 N–H and O–H groups in total. The Morgan fingerprint density at radius 3 is 2.52 bits per heavy atom. The number of ether oxygens (including phenoxy) is 2. The van der Waals surface area contributed by atoms with Gasteiger partial charge in [-0.2, -0.15) is 9.41 Å². The van der Waals surface area contributed by atoms with Crippen LogP contribution in [0.3, 0.4) is 0 Å². The molecule has 0 saturated carbocycles. The molecular formula is C21H26N6O4S2. The monoisotopic (exact) mass is 490 g/mol. The summed E-state index contributed by atoms with van der Waals surface area (Å²) in [6.07, 6.45) is 4.96. The first-order chi connectivity index (χ1) is 16.0. The predicted molar refractivity (Wildman–Crippen MR) is 130 cm³/mol. The minimum Gasteiger partial charge on any atom is -0.379 e. The number of nitrogens with zero attached hydrogens (tertiary/aromatic N) is 4. The molecule has 2 aliphatic rings. The molecule has 1 aromatic heterocycles. The molecule has 12 heteroatoms. The van der Waals surface area contributed by atoms with E-state index in [2.05, 4.69) is 25.7 Å². The Morgan fingerprint density at radius 2 is 1.82 bits per heavy atom. The number of sulfonamides is 1. The van der Waals surface area contributed by atoms with Gasteiger partial charge in [-0.05, 0) is 36.5 Å². The smallest absolute Gasteiger partial charge is 0.243 e. The summed E-state index contributed by atoms with van der Waals surface area (Å²) >= 11 is 5.40. The van der Waals surface area contributed by atoms with Crippen LogP contribution in [0.2, 0.25) is 0 Å². The Bertz CT molecular complexity index is 1090. The molecule has 33 heavy (non-hydrogen) atoms. The highest BCUT2D eigenvalue weighted by atomic mass is 32.2. The van der Waals surface area contributed by atoms with Gasteiger partial charge in [-0.3, -0.25) is 10.4 Å². The number of benzene rings is 1. The molecule has 176 valence electrons. The molecule has 1 aromatic carbocycles. The first-order valence-electron chi connectivity index (χ1n) is 10.6. The van der Waals surface area contributed by atoms with Gasteiger partial charge < -0.3 is 19.7 Å². The van der Waals surface area contributed by atoms with E-state index in [9.17, 15) is 8.42 Å². The number of hydrogen-bond donors (Lipinski definition) is 2. The van der Waals surface area contributed by atoms with Crippen molar-refractivity contribution in [3.8, 4) is 0 Å². The minimum absolute atomic E-state index is 0.200. The standard InChI is InChI=1S/C21H26N6O4S2/c28-33(29,27-8-12-31-13-9-27)18-3-4-20(26-6-10-30-11-7-26)19(14-18)24-21(32)25-23-16-17-2-1-5-22-15-17/h1-5,14-16H,6-13H2,(H2,24,25,32)/b23-16-. The summed E-state index contributed by atoms with van der Waals surface area (Å²) in [5.41, 5.74) is 5.02. The lowest BCUT2D eigenvalue weighted by Crippen LogP contribution is -2.40. The zero-order valence-electron chi connectivity index (χ0n) is 18.0. The van der Waals surface area contributed by atoms with Crippen molar-refractivity contribution in [3.63, 3.8) is 0 Å². The van der Waals surface area contributed by atoms with Gasteiger partial charge >= 0.3 is 0 Å². The number of anilines is 2. The normalized spacial score (nSPS) is 17.8.